The van der Waals surface area contributed by atoms with Crippen LogP contribution in [0.3, 0.4) is 0 Å². The Morgan fingerprint density at radius 1 is 1.08 bits per heavy atom. The lowest BCUT2D eigenvalue weighted by Gasteiger charge is -2.24. The summed E-state index contributed by atoms with van der Waals surface area (Å²) < 4.78 is 23.5. The number of rotatable bonds is 5. The van der Waals surface area contributed by atoms with Crippen molar-refractivity contribution in [3.8, 4) is 0 Å². The summed E-state index contributed by atoms with van der Waals surface area (Å²) in [5, 5.41) is 2.44. The van der Waals surface area contributed by atoms with Gasteiger partial charge in [-0.3, -0.25) is 0 Å². The maximum atomic E-state index is 13.0. The van der Waals surface area contributed by atoms with E-state index in [1.165, 1.54) is 19.1 Å². The maximum Gasteiger partial charge on any atom is 0.408 e. The molecule has 1 amide bonds. The minimum Gasteiger partial charge on any atom is -0.461 e. The Hall–Kier alpha value is -2.11. The van der Waals surface area contributed by atoms with Crippen LogP contribution < -0.4 is 5.32 Å². The van der Waals surface area contributed by atoms with Gasteiger partial charge in [0.05, 0.1) is 0 Å². The fraction of sp³-hybridized carbons (Fsp3) is 0.556. The predicted octanol–water partition coefficient (Wildman–Crippen LogP) is 3.77. The first-order valence-corrected chi connectivity index (χ1v) is 7.95. The summed E-state index contributed by atoms with van der Waals surface area (Å²) in [7, 11) is 0. The van der Waals surface area contributed by atoms with Crippen molar-refractivity contribution in [1.29, 1.82) is 0 Å². The molecule has 1 N–H and O–H groups in total. The van der Waals surface area contributed by atoms with E-state index >= 15 is 0 Å². The number of alkyl carbamates (subject to hydrolysis) is 1. The van der Waals surface area contributed by atoms with Crippen LogP contribution in [0.1, 0.15) is 53.0 Å². The molecule has 3 atom stereocenters. The van der Waals surface area contributed by atoms with Gasteiger partial charge in [0.2, 0.25) is 0 Å². The van der Waals surface area contributed by atoms with Gasteiger partial charge in [-0.15, -0.1) is 0 Å². The van der Waals surface area contributed by atoms with Gasteiger partial charge < -0.3 is 14.8 Å². The third-order valence-electron chi connectivity index (χ3n) is 3.49. The molecule has 1 aromatic carbocycles. The van der Waals surface area contributed by atoms with Gasteiger partial charge in [0.1, 0.15) is 23.6 Å². The first-order chi connectivity index (χ1) is 11.0. The van der Waals surface area contributed by atoms with Gasteiger partial charge in [0.25, 0.3) is 0 Å². The van der Waals surface area contributed by atoms with E-state index in [-0.39, 0.29) is 11.7 Å². The molecule has 0 aromatic heterocycles. The summed E-state index contributed by atoms with van der Waals surface area (Å²) in [6.07, 6.45) is -1.10. The average molecular weight is 339 g/mol. The number of halogens is 1. The van der Waals surface area contributed by atoms with Gasteiger partial charge >= 0.3 is 12.1 Å². The van der Waals surface area contributed by atoms with Crippen molar-refractivity contribution in [3.05, 3.63) is 35.6 Å². The molecule has 6 heteroatoms. The lowest BCUT2D eigenvalue weighted by Crippen LogP contribution is -2.43. The van der Waals surface area contributed by atoms with Crippen molar-refractivity contribution in [2.24, 2.45) is 0 Å². The van der Waals surface area contributed by atoms with Crippen LogP contribution in [-0.2, 0) is 14.3 Å². The monoisotopic (exact) mass is 339 g/mol. The van der Waals surface area contributed by atoms with Crippen molar-refractivity contribution in [2.45, 2.75) is 65.2 Å². The van der Waals surface area contributed by atoms with Gasteiger partial charge in [0.15, 0.2) is 0 Å². The molecule has 0 radical (unpaired) electrons. The molecule has 134 valence electrons. The zero-order valence-electron chi connectivity index (χ0n) is 15.1. The molecule has 0 aliphatic rings. The summed E-state index contributed by atoms with van der Waals surface area (Å²) in [5.41, 5.74) is 0.224. The number of hydrogen-bond acceptors (Lipinski definition) is 4. The van der Waals surface area contributed by atoms with E-state index < -0.39 is 29.8 Å². The summed E-state index contributed by atoms with van der Waals surface area (Å²) in [4.78, 5) is 23.8. The molecule has 0 aliphatic carbocycles. The largest absolute Gasteiger partial charge is 0.461 e. The van der Waals surface area contributed by atoms with Gasteiger partial charge in [-0.25, -0.2) is 14.0 Å². The highest BCUT2D eigenvalue weighted by molar-refractivity contribution is 5.81. The van der Waals surface area contributed by atoms with Crippen LogP contribution in [0.2, 0.25) is 0 Å². The Balaban J connectivity index is 2.56. The minimum atomic E-state index is -0.831. The number of ether oxygens (including phenoxy) is 2. The number of carbonyl (C=O) groups is 2. The third kappa shape index (κ3) is 6.56. The first kappa shape index (κ1) is 19.9. The molecule has 0 fully saturated rings. The van der Waals surface area contributed by atoms with Crippen molar-refractivity contribution in [3.63, 3.8) is 0 Å². The molecular formula is C18H26FNO4. The highest BCUT2D eigenvalue weighted by Crippen LogP contribution is 2.22. The Bertz CT molecular complexity index is 565. The Morgan fingerprint density at radius 2 is 1.62 bits per heavy atom. The fourth-order valence-electron chi connectivity index (χ4n) is 1.97. The minimum absolute atomic E-state index is 0.108. The molecule has 24 heavy (non-hydrogen) atoms. The van der Waals surface area contributed by atoms with Gasteiger partial charge in [-0.1, -0.05) is 19.1 Å². The molecule has 0 unspecified atom stereocenters. The Morgan fingerprint density at radius 3 is 2.12 bits per heavy atom. The quantitative estimate of drug-likeness (QED) is 0.829. The average Bonchev–Trinajstić information content (AvgIpc) is 2.44. The number of hydrogen-bond donors (Lipinski definition) is 1. The fourth-order valence-corrected chi connectivity index (χ4v) is 1.97. The van der Waals surface area contributed by atoms with Gasteiger partial charge in [0, 0.05) is 5.92 Å². The second kappa shape index (κ2) is 8.13. The number of esters is 1. The van der Waals surface area contributed by atoms with Crippen LogP contribution >= 0.6 is 0 Å². The van der Waals surface area contributed by atoms with Crippen LogP contribution in [0.5, 0.6) is 0 Å². The zero-order chi connectivity index (χ0) is 18.5. The van der Waals surface area contributed by atoms with E-state index in [0.717, 1.165) is 5.56 Å². The normalized spacial score (nSPS) is 15.1. The lowest BCUT2D eigenvalue weighted by molar-refractivity contribution is -0.151. The summed E-state index contributed by atoms with van der Waals surface area (Å²) in [6.45, 7) is 10.4. The molecule has 0 aliphatic heterocycles. The predicted molar refractivity (Wildman–Crippen MR) is 89.2 cm³/mol. The molecule has 0 saturated carbocycles. The highest BCUT2D eigenvalue weighted by Gasteiger charge is 2.25. The van der Waals surface area contributed by atoms with E-state index in [2.05, 4.69) is 5.32 Å². The molecule has 5 nitrogen and oxygen atoms in total. The topological polar surface area (TPSA) is 64.6 Å². The molecule has 0 saturated heterocycles. The Kier molecular flexibility index (Phi) is 6.75. The third-order valence-corrected chi connectivity index (χ3v) is 3.49. The van der Waals surface area contributed by atoms with Gasteiger partial charge in [-0.05, 0) is 52.3 Å². The van der Waals surface area contributed by atoms with E-state index in [9.17, 15) is 14.0 Å². The molecule has 0 spiro atoms. The number of nitrogens with one attached hydrogen (secondary N) is 1. The maximum absolute atomic E-state index is 13.0. The van der Waals surface area contributed by atoms with Crippen LogP contribution in [0.15, 0.2) is 24.3 Å². The van der Waals surface area contributed by atoms with Crippen molar-refractivity contribution < 1.29 is 23.5 Å². The molecular weight excluding hydrogens is 313 g/mol. The first-order valence-electron chi connectivity index (χ1n) is 7.95. The number of amides is 1. The van der Waals surface area contributed by atoms with Crippen LogP contribution in [0.4, 0.5) is 9.18 Å². The SMILES string of the molecule is C[C@H](c1ccc(F)cc1)[C@@H](C)OC(=O)[C@@H](C)NC(=O)OC(C)(C)C. The second-order valence-electron chi connectivity index (χ2n) is 6.85. The van der Waals surface area contributed by atoms with E-state index in [1.807, 2.05) is 6.92 Å². The van der Waals surface area contributed by atoms with Crippen molar-refractivity contribution in [2.75, 3.05) is 0 Å². The van der Waals surface area contributed by atoms with Crippen molar-refractivity contribution in [1.82, 2.24) is 5.32 Å². The zero-order valence-corrected chi connectivity index (χ0v) is 15.1. The molecule has 1 aromatic rings. The van der Waals surface area contributed by atoms with Gasteiger partial charge in [-0.2, -0.15) is 0 Å². The van der Waals surface area contributed by atoms with Crippen molar-refractivity contribution >= 4 is 12.1 Å². The summed E-state index contributed by atoms with van der Waals surface area (Å²) in [6, 6.07) is 5.22. The van der Waals surface area contributed by atoms with E-state index in [0.29, 0.717) is 0 Å². The molecule has 1 rings (SSSR count). The van der Waals surface area contributed by atoms with E-state index in [1.54, 1.807) is 39.8 Å². The summed E-state index contributed by atoms with van der Waals surface area (Å²) >= 11 is 0. The summed E-state index contributed by atoms with van der Waals surface area (Å²) in [5.74, 6) is -0.976. The number of carbonyl (C=O) groups excluding carboxylic acids is 2. The standard InChI is InChI=1S/C18H26FNO4/c1-11(14-7-9-15(19)10-8-14)13(3)23-16(21)12(2)20-17(22)24-18(4,5)6/h7-13H,1-6H3,(H,20,22)/t11-,12+,13+/m0/s1. The smallest absolute Gasteiger partial charge is 0.408 e. The Labute approximate surface area is 142 Å². The highest BCUT2D eigenvalue weighted by atomic mass is 19.1. The van der Waals surface area contributed by atoms with Crippen LogP contribution in [-0.4, -0.2) is 29.8 Å². The van der Waals surface area contributed by atoms with E-state index in [4.69, 9.17) is 9.47 Å². The second-order valence-corrected chi connectivity index (χ2v) is 6.85. The van der Waals surface area contributed by atoms with Crippen LogP contribution in [0, 0.1) is 5.82 Å². The lowest BCUT2D eigenvalue weighted by atomic mass is 9.96. The molecule has 0 bridgehead atoms. The molecule has 0 heterocycles. The van der Waals surface area contributed by atoms with Crippen LogP contribution in [0.25, 0.3) is 0 Å². The number of benzene rings is 1.